The third kappa shape index (κ3) is 4.03. The molecule has 0 N–H and O–H groups in total. The van der Waals surface area contributed by atoms with Gasteiger partial charge in [0.05, 0.1) is 5.69 Å². The predicted molar refractivity (Wildman–Crippen MR) is 125 cm³/mol. The van der Waals surface area contributed by atoms with Gasteiger partial charge in [-0.1, -0.05) is 18.2 Å². The Morgan fingerprint density at radius 1 is 1.06 bits per heavy atom. The lowest BCUT2D eigenvalue weighted by atomic mass is 10.1. The molecular formula is C24H25N5O2S. The van der Waals surface area contributed by atoms with Gasteiger partial charge < -0.3 is 9.80 Å². The van der Waals surface area contributed by atoms with Crippen LogP contribution in [0.15, 0.2) is 54.2 Å². The Bertz CT molecular complexity index is 1120. The van der Waals surface area contributed by atoms with E-state index in [1.165, 1.54) is 11.3 Å². The van der Waals surface area contributed by atoms with Crippen LogP contribution in [0.1, 0.15) is 21.8 Å². The van der Waals surface area contributed by atoms with Crippen LogP contribution in [0.3, 0.4) is 0 Å². The molecule has 0 aliphatic carbocycles. The maximum Gasteiger partial charge on any atom is 0.282 e. The molecule has 2 fully saturated rings. The summed E-state index contributed by atoms with van der Waals surface area (Å²) in [5, 5.41) is 2.37. The molecule has 7 nitrogen and oxygen atoms in total. The molecule has 5 rings (SSSR count). The third-order valence-corrected chi connectivity index (χ3v) is 7.04. The minimum atomic E-state index is 0.00500. The summed E-state index contributed by atoms with van der Waals surface area (Å²) in [5.41, 5.74) is 3.99. The summed E-state index contributed by atoms with van der Waals surface area (Å²) in [4.78, 5) is 40.2. The van der Waals surface area contributed by atoms with E-state index >= 15 is 0 Å². The van der Waals surface area contributed by atoms with Gasteiger partial charge in [0.2, 0.25) is 5.91 Å². The smallest absolute Gasteiger partial charge is 0.282 e. The maximum atomic E-state index is 12.9. The van der Waals surface area contributed by atoms with Crippen LogP contribution in [0.2, 0.25) is 0 Å². The van der Waals surface area contributed by atoms with Gasteiger partial charge in [0.15, 0.2) is 5.01 Å². The SMILES string of the molecule is Cc1cccnc1-c1cccc(N2CC(N3CCN(C(=O)c4nccs4)CC3)CC2=O)c1. The molecule has 2 saturated heterocycles. The summed E-state index contributed by atoms with van der Waals surface area (Å²) < 4.78 is 0. The predicted octanol–water partition coefficient (Wildman–Crippen LogP) is 3.08. The highest BCUT2D eigenvalue weighted by Gasteiger charge is 2.36. The number of benzene rings is 1. The minimum Gasteiger partial charge on any atom is -0.334 e. The number of hydrogen-bond donors (Lipinski definition) is 0. The first kappa shape index (κ1) is 20.8. The van der Waals surface area contributed by atoms with Crippen LogP contribution in [0.5, 0.6) is 0 Å². The first-order valence-electron chi connectivity index (χ1n) is 10.9. The molecule has 164 valence electrons. The number of nitrogens with zero attached hydrogens (tertiary/aromatic N) is 5. The summed E-state index contributed by atoms with van der Waals surface area (Å²) in [5.74, 6) is 0.150. The van der Waals surface area contributed by atoms with E-state index in [1.807, 2.05) is 52.4 Å². The van der Waals surface area contributed by atoms with Crippen molar-refractivity contribution < 1.29 is 9.59 Å². The molecule has 4 heterocycles. The van der Waals surface area contributed by atoms with Crippen LogP contribution in [-0.4, -0.2) is 70.3 Å². The molecule has 3 aromatic rings. The zero-order chi connectivity index (χ0) is 22.1. The van der Waals surface area contributed by atoms with Crippen molar-refractivity contribution in [2.24, 2.45) is 0 Å². The Morgan fingerprint density at radius 3 is 2.66 bits per heavy atom. The number of hydrogen-bond acceptors (Lipinski definition) is 6. The van der Waals surface area contributed by atoms with Gasteiger partial charge in [0.25, 0.3) is 5.91 Å². The van der Waals surface area contributed by atoms with Crippen LogP contribution in [0.25, 0.3) is 11.3 Å². The number of carbonyl (C=O) groups excluding carboxylic acids is 2. The highest BCUT2D eigenvalue weighted by Crippen LogP contribution is 2.29. The molecule has 8 heteroatoms. The number of pyridine rings is 1. The van der Waals surface area contributed by atoms with Crippen molar-refractivity contribution >= 4 is 28.8 Å². The van der Waals surface area contributed by atoms with Gasteiger partial charge in [0, 0.05) is 74.2 Å². The highest BCUT2D eigenvalue weighted by atomic mass is 32.1. The number of thiazole rings is 1. The van der Waals surface area contributed by atoms with Crippen LogP contribution in [0.4, 0.5) is 5.69 Å². The third-order valence-electron chi connectivity index (χ3n) is 6.28. The quantitative estimate of drug-likeness (QED) is 0.615. The van der Waals surface area contributed by atoms with Crippen LogP contribution in [0, 0.1) is 6.92 Å². The zero-order valence-electron chi connectivity index (χ0n) is 18.0. The molecular weight excluding hydrogens is 422 g/mol. The lowest BCUT2D eigenvalue weighted by molar-refractivity contribution is -0.117. The molecule has 1 atom stereocenters. The van der Waals surface area contributed by atoms with Crippen molar-refractivity contribution in [3.05, 3.63) is 64.7 Å². The van der Waals surface area contributed by atoms with E-state index in [-0.39, 0.29) is 17.9 Å². The molecule has 32 heavy (non-hydrogen) atoms. The Hall–Kier alpha value is -3.10. The zero-order valence-corrected chi connectivity index (χ0v) is 18.8. The highest BCUT2D eigenvalue weighted by molar-refractivity contribution is 7.11. The Labute approximate surface area is 191 Å². The second-order valence-electron chi connectivity index (χ2n) is 8.25. The van der Waals surface area contributed by atoms with Crippen molar-refractivity contribution in [1.29, 1.82) is 0 Å². The first-order chi connectivity index (χ1) is 15.6. The van der Waals surface area contributed by atoms with Crippen molar-refractivity contribution in [3.63, 3.8) is 0 Å². The standard InChI is InChI=1S/C24H25N5O2S/c1-17-4-3-7-25-22(17)18-5-2-6-19(14-18)29-16-20(15-21(29)30)27-9-11-28(12-10-27)24(31)23-26-8-13-32-23/h2-8,13-14,20H,9-12,15-16H2,1H3. The van der Waals surface area contributed by atoms with E-state index in [4.69, 9.17) is 0 Å². The molecule has 1 aromatic carbocycles. The van der Waals surface area contributed by atoms with E-state index in [1.54, 1.807) is 12.4 Å². The van der Waals surface area contributed by atoms with Gasteiger partial charge in [-0.15, -0.1) is 11.3 Å². The van der Waals surface area contributed by atoms with Gasteiger partial charge in [-0.25, -0.2) is 4.98 Å². The van der Waals surface area contributed by atoms with Crippen molar-refractivity contribution in [2.45, 2.75) is 19.4 Å². The normalized spacial score (nSPS) is 19.5. The van der Waals surface area contributed by atoms with Crippen molar-refractivity contribution in [1.82, 2.24) is 19.8 Å². The lowest BCUT2D eigenvalue weighted by Gasteiger charge is -2.37. The Balaban J connectivity index is 1.25. The Kier molecular flexibility index (Phi) is 5.71. The number of aryl methyl sites for hydroxylation is 1. The fourth-order valence-electron chi connectivity index (χ4n) is 4.55. The maximum absolute atomic E-state index is 12.9. The molecule has 0 bridgehead atoms. The minimum absolute atomic E-state index is 0.00500. The second kappa shape index (κ2) is 8.80. The van der Waals surface area contributed by atoms with Gasteiger partial charge in [-0.3, -0.25) is 19.5 Å². The van der Waals surface area contributed by atoms with Crippen LogP contribution < -0.4 is 4.90 Å². The summed E-state index contributed by atoms with van der Waals surface area (Å²) in [6, 6.07) is 12.2. The average molecular weight is 448 g/mol. The lowest BCUT2D eigenvalue weighted by Crippen LogP contribution is -2.52. The van der Waals surface area contributed by atoms with E-state index in [2.05, 4.69) is 20.9 Å². The Morgan fingerprint density at radius 2 is 1.91 bits per heavy atom. The van der Waals surface area contributed by atoms with Crippen LogP contribution >= 0.6 is 11.3 Å². The molecule has 2 aliphatic heterocycles. The van der Waals surface area contributed by atoms with Gasteiger partial charge in [-0.2, -0.15) is 0 Å². The fourth-order valence-corrected chi connectivity index (χ4v) is 5.15. The molecule has 2 amide bonds. The van der Waals surface area contributed by atoms with E-state index in [0.717, 1.165) is 35.6 Å². The number of piperazine rings is 1. The van der Waals surface area contributed by atoms with E-state index in [0.29, 0.717) is 31.1 Å². The number of rotatable bonds is 4. The van der Waals surface area contributed by atoms with E-state index in [9.17, 15) is 9.59 Å². The summed E-state index contributed by atoms with van der Waals surface area (Å²) in [7, 11) is 0. The topological polar surface area (TPSA) is 69.6 Å². The number of carbonyl (C=O) groups is 2. The van der Waals surface area contributed by atoms with Gasteiger partial charge >= 0.3 is 0 Å². The molecule has 0 saturated carbocycles. The first-order valence-corrected chi connectivity index (χ1v) is 11.7. The molecule has 0 spiro atoms. The molecule has 1 unspecified atom stereocenters. The largest absolute Gasteiger partial charge is 0.334 e. The van der Waals surface area contributed by atoms with Gasteiger partial charge in [-0.05, 0) is 30.7 Å². The summed E-state index contributed by atoms with van der Waals surface area (Å²) in [6.45, 7) is 5.59. The fraction of sp³-hybridized carbons (Fsp3) is 0.333. The van der Waals surface area contributed by atoms with Crippen molar-refractivity contribution in [2.75, 3.05) is 37.6 Å². The summed E-state index contributed by atoms with van der Waals surface area (Å²) in [6.07, 6.45) is 3.97. The molecule has 2 aliphatic rings. The average Bonchev–Trinajstić information content (AvgIpc) is 3.49. The monoisotopic (exact) mass is 447 g/mol. The van der Waals surface area contributed by atoms with Crippen molar-refractivity contribution in [3.8, 4) is 11.3 Å². The summed E-state index contributed by atoms with van der Waals surface area (Å²) >= 11 is 1.38. The van der Waals surface area contributed by atoms with Gasteiger partial charge in [0.1, 0.15) is 0 Å². The number of anilines is 1. The molecule has 0 radical (unpaired) electrons. The number of aromatic nitrogens is 2. The second-order valence-corrected chi connectivity index (χ2v) is 9.14. The molecule has 2 aromatic heterocycles. The van der Waals surface area contributed by atoms with E-state index < -0.39 is 0 Å². The van der Waals surface area contributed by atoms with Crippen LogP contribution in [-0.2, 0) is 4.79 Å². The number of amides is 2.